The first-order valence-corrected chi connectivity index (χ1v) is 6.95. The van der Waals surface area contributed by atoms with Crippen molar-refractivity contribution in [2.45, 2.75) is 32.2 Å². The topological polar surface area (TPSA) is 34.1 Å². The molecule has 1 aromatic carbocycles. The summed E-state index contributed by atoms with van der Waals surface area (Å²) in [7, 11) is 2.00. The average molecular weight is 258 g/mol. The van der Waals surface area contributed by atoms with Gasteiger partial charge in [-0.3, -0.25) is 4.98 Å². The van der Waals surface area contributed by atoms with Crippen molar-refractivity contribution in [1.82, 2.24) is 10.3 Å². The molecule has 2 aromatic rings. The highest BCUT2D eigenvalue weighted by molar-refractivity contribution is 5.84. The minimum Gasteiger partial charge on any atom is -0.493 e. The second-order valence-corrected chi connectivity index (χ2v) is 4.86. The van der Waals surface area contributed by atoms with Gasteiger partial charge in [0.1, 0.15) is 5.75 Å². The lowest BCUT2D eigenvalue weighted by atomic mass is 10.1. The average Bonchev–Trinajstić information content (AvgIpc) is 2.46. The van der Waals surface area contributed by atoms with Crippen LogP contribution in [0.5, 0.6) is 5.75 Å². The Labute approximate surface area is 115 Å². The van der Waals surface area contributed by atoms with Crippen molar-refractivity contribution >= 4 is 10.9 Å². The largest absolute Gasteiger partial charge is 0.493 e. The summed E-state index contributed by atoms with van der Waals surface area (Å²) in [4.78, 5) is 4.33. The summed E-state index contributed by atoms with van der Waals surface area (Å²) in [5.41, 5.74) is 0.990. The zero-order valence-corrected chi connectivity index (χ0v) is 11.7. The number of rotatable bonds is 7. The third-order valence-corrected chi connectivity index (χ3v) is 3.39. The summed E-state index contributed by atoms with van der Waals surface area (Å²) < 4.78 is 5.87. The SMILES string of the molecule is CNC(C)CCCCOc1cccc2ncccc12. The standard InChI is InChI=1S/C16H22N2O/c1-13(17-2)7-3-4-12-19-16-10-5-9-15-14(16)8-6-11-18-15/h5-6,8-11,13,17H,3-4,7,12H2,1-2H3. The molecule has 1 N–H and O–H groups in total. The Morgan fingerprint density at radius 2 is 2.11 bits per heavy atom. The molecule has 0 radical (unpaired) electrons. The fourth-order valence-electron chi connectivity index (χ4n) is 2.08. The van der Waals surface area contributed by atoms with Crippen molar-refractivity contribution in [2.75, 3.05) is 13.7 Å². The lowest BCUT2D eigenvalue weighted by Gasteiger charge is -2.11. The van der Waals surface area contributed by atoms with E-state index in [9.17, 15) is 0 Å². The number of benzene rings is 1. The Kier molecular flexibility index (Phi) is 5.16. The second kappa shape index (κ2) is 7.10. The Morgan fingerprint density at radius 3 is 2.95 bits per heavy atom. The number of hydrogen-bond acceptors (Lipinski definition) is 3. The molecule has 1 heterocycles. The molecular weight excluding hydrogens is 236 g/mol. The maximum Gasteiger partial charge on any atom is 0.128 e. The molecule has 0 spiro atoms. The summed E-state index contributed by atoms with van der Waals surface area (Å²) in [6.45, 7) is 2.97. The molecule has 3 nitrogen and oxygen atoms in total. The highest BCUT2D eigenvalue weighted by Crippen LogP contribution is 2.23. The van der Waals surface area contributed by atoms with Crippen LogP contribution in [0.2, 0.25) is 0 Å². The Hall–Kier alpha value is -1.61. The minimum absolute atomic E-state index is 0.585. The van der Waals surface area contributed by atoms with Crippen molar-refractivity contribution < 1.29 is 4.74 Å². The van der Waals surface area contributed by atoms with Crippen LogP contribution in [0.3, 0.4) is 0 Å². The number of hydrogen-bond donors (Lipinski definition) is 1. The van der Waals surface area contributed by atoms with E-state index in [1.54, 1.807) is 0 Å². The molecule has 2 rings (SSSR count). The van der Waals surface area contributed by atoms with Crippen molar-refractivity contribution in [1.29, 1.82) is 0 Å². The molecule has 1 atom stereocenters. The molecule has 3 heteroatoms. The number of aromatic nitrogens is 1. The monoisotopic (exact) mass is 258 g/mol. The summed E-state index contributed by atoms with van der Waals surface area (Å²) in [6.07, 6.45) is 5.27. The van der Waals surface area contributed by atoms with Crippen LogP contribution in [0, 0.1) is 0 Å². The highest BCUT2D eigenvalue weighted by atomic mass is 16.5. The zero-order chi connectivity index (χ0) is 13.5. The quantitative estimate of drug-likeness (QED) is 0.773. The van der Waals surface area contributed by atoms with Gasteiger partial charge in [-0.1, -0.05) is 6.07 Å². The van der Waals surface area contributed by atoms with Crippen LogP contribution in [-0.4, -0.2) is 24.7 Å². The van der Waals surface area contributed by atoms with E-state index in [2.05, 4.69) is 23.3 Å². The van der Waals surface area contributed by atoms with E-state index in [0.717, 1.165) is 29.7 Å². The molecule has 19 heavy (non-hydrogen) atoms. The summed E-state index contributed by atoms with van der Waals surface area (Å²) in [5.74, 6) is 0.937. The van der Waals surface area contributed by atoms with E-state index in [4.69, 9.17) is 4.74 Å². The van der Waals surface area contributed by atoms with E-state index >= 15 is 0 Å². The van der Waals surface area contributed by atoms with E-state index in [1.807, 2.05) is 37.5 Å². The lowest BCUT2D eigenvalue weighted by molar-refractivity contribution is 0.305. The van der Waals surface area contributed by atoms with Crippen LogP contribution in [-0.2, 0) is 0 Å². The van der Waals surface area contributed by atoms with Crippen molar-refractivity contribution in [2.24, 2.45) is 0 Å². The molecule has 0 bridgehead atoms. The third-order valence-electron chi connectivity index (χ3n) is 3.39. The van der Waals surface area contributed by atoms with E-state index < -0.39 is 0 Å². The molecule has 1 unspecified atom stereocenters. The van der Waals surface area contributed by atoms with Gasteiger partial charge < -0.3 is 10.1 Å². The normalized spacial score (nSPS) is 12.5. The first-order valence-electron chi connectivity index (χ1n) is 6.95. The van der Waals surface area contributed by atoms with Gasteiger partial charge >= 0.3 is 0 Å². The van der Waals surface area contributed by atoms with Crippen molar-refractivity contribution in [3.05, 3.63) is 36.5 Å². The van der Waals surface area contributed by atoms with Crippen LogP contribution in [0.1, 0.15) is 26.2 Å². The number of nitrogens with zero attached hydrogens (tertiary/aromatic N) is 1. The third kappa shape index (κ3) is 3.93. The molecule has 0 aliphatic heterocycles. The molecule has 0 saturated carbocycles. The summed E-state index contributed by atoms with van der Waals surface area (Å²) >= 11 is 0. The molecule has 0 amide bonds. The van der Waals surface area contributed by atoms with E-state index in [-0.39, 0.29) is 0 Å². The van der Waals surface area contributed by atoms with Crippen molar-refractivity contribution in [3.63, 3.8) is 0 Å². The Morgan fingerprint density at radius 1 is 1.21 bits per heavy atom. The number of pyridine rings is 1. The molecule has 0 aliphatic carbocycles. The van der Waals surface area contributed by atoms with Gasteiger partial charge in [0.2, 0.25) is 0 Å². The first kappa shape index (κ1) is 13.8. The minimum atomic E-state index is 0.585. The number of unbranched alkanes of at least 4 members (excludes halogenated alkanes) is 1. The second-order valence-electron chi connectivity index (χ2n) is 4.86. The van der Waals surface area contributed by atoms with Crippen LogP contribution in [0.25, 0.3) is 10.9 Å². The molecule has 0 aliphatic rings. The van der Waals surface area contributed by atoms with Gasteiger partial charge in [0.25, 0.3) is 0 Å². The van der Waals surface area contributed by atoms with Gasteiger partial charge in [0, 0.05) is 17.6 Å². The number of nitrogens with one attached hydrogen (secondary N) is 1. The molecule has 1 aromatic heterocycles. The predicted octanol–water partition coefficient (Wildman–Crippen LogP) is 3.39. The lowest BCUT2D eigenvalue weighted by Crippen LogP contribution is -2.20. The predicted molar refractivity (Wildman–Crippen MR) is 79.6 cm³/mol. The molecule has 102 valence electrons. The molecule has 0 fully saturated rings. The summed E-state index contributed by atoms with van der Waals surface area (Å²) in [6, 6.07) is 10.6. The molecular formula is C16H22N2O. The zero-order valence-electron chi connectivity index (χ0n) is 11.7. The highest BCUT2D eigenvalue weighted by Gasteiger charge is 2.02. The maximum atomic E-state index is 5.87. The van der Waals surface area contributed by atoms with Gasteiger partial charge in [-0.2, -0.15) is 0 Å². The van der Waals surface area contributed by atoms with E-state index in [1.165, 1.54) is 12.8 Å². The maximum absolute atomic E-state index is 5.87. The Bertz CT molecular complexity index is 508. The fourth-order valence-corrected chi connectivity index (χ4v) is 2.08. The summed E-state index contributed by atoms with van der Waals surface area (Å²) in [5, 5.41) is 4.34. The van der Waals surface area contributed by atoms with Crippen LogP contribution in [0.15, 0.2) is 36.5 Å². The first-order chi connectivity index (χ1) is 9.31. The van der Waals surface area contributed by atoms with Crippen LogP contribution in [0.4, 0.5) is 0 Å². The van der Waals surface area contributed by atoms with Gasteiger partial charge in [-0.25, -0.2) is 0 Å². The van der Waals surface area contributed by atoms with Crippen LogP contribution < -0.4 is 10.1 Å². The van der Waals surface area contributed by atoms with E-state index in [0.29, 0.717) is 6.04 Å². The fraction of sp³-hybridized carbons (Fsp3) is 0.438. The van der Waals surface area contributed by atoms with Gasteiger partial charge in [-0.15, -0.1) is 0 Å². The number of ether oxygens (including phenoxy) is 1. The number of fused-ring (bicyclic) bond motifs is 1. The van der Waals surface area contributed by atoms with Crippen molar-refractivity contribution in [3.8, 4) is 5.75 Å². The molecule has 0 saturated heterocycles. The van der Waals surface area contributed by atoms with Crippen LogP contribution >= 0.6 is 0 Å². The Balaban J connectivity index is 1.85. The van der Waals surface area contributed by atoms with Gasteiger partial charge in [0.15, 0.2) is 0 Å². The van der Waals surface area contributed by atoms with Gasteiger partial charge in [-0.05, 0) is 57.5 Å². The van der Waals surface area contributed by atoms with Gasteiger partial charge in [0.05, 0.1) is 12.1 Å². The smallest absolute Gasteiger partial charge is 0.128 e.